The van der Waals surface area contributed by atoms with Crippen LogP contribution in [0.2, 0.25) is 0 Å². The van der Waals surface area contributed by atoms with Gasteiger partial charge in [0.25, 0.3) is 0 Å². The van der Waals surface area contributed by atoms with Gasteiger partial charge in [-0.1, -0.05) is 380 Å². The zero-order valence-corrected chi connectivity index (χ0v) is 66.5. The van der Waals surface area contributed by atoms with Crippen LogP contribution >= 0.6 is 0 Å². The van der Waals surface area contributed by atoms with E-state index < -0.39 is 16.2 Å². The van der Waals surface area contributed by atoms with Gasteiger partial charge in [-0.3, -0.25) is 0 Å². The standard InChI is InChI=1S/C116H84N2/c1-113(2)104-48-23-25-50-106(104)115(100-45-20-17-42-95(100)96-43-18-21-46-101(96)115)108-71-68-93(76-110(108)113)117(89-62-54-80(55-63-89)77-30-9-5-10-31-77)90-66-58-83(59-67-90)94-69-60-87(74-98(94)82-36-15-8-16-37-82)88-61-70-103-99(75-88)97-44-19-22-47-102(97)116(103)107-51-26-24-49-105(107)114(3,4)112-109(116)52-29-53-111(112)118(91-64-56-81(57-65-91)78-32-11-6-12-33-78)92-41-28-40-86(73-92)85-39-27-38-84(72-85)79-34-13-7-14-35-79/h5-76H,1-4H3. The van der Waals surface area contributed by atoms with Crippen molar-refractivity contribution in [1.29, 1.82) is 0 Å². The van der Waals surface area contributed by atoms with Crippen LogP contribution in [0, 0.1) is 0 Å². The van der Waals surface area contributed by atoms with E-state index in [-0.39, 0.29) is 5.41 Å². The molecule has 118 heavy (non-hydrogen) atoms. The quantitative estimate of drug-likeness (QED) is 0.114. The van der Waals surface area contributed by atoms with E-state index >= 15 is 0 Å². The van der Waals surface area contributed by atoms with Crippen molar-refractivity contribution in [2.75, 3.05) is 9.80 Å². The third kappa shape index (κ3) is 10.9. The molecular weight excluding hydrogens is 1420 g/mol. The van der Waals surface area contributed by atoms with Crippen molar-refractivity contribution in [3.63, 3.8) is 0 Å². The summed E-state index contributed by atoms with van der Waals surface area (Å²) in [6.07, 6.45) is 0. The second-order valence-corrected chi connectivity index (χ2v) is 33.3. The van der Waals surface area contributed by atoms with Crippen molar-refractivity contribution in [2.24, 2.45) is 0 Å². The van der Waals surface area contributed by atoms with Crippen LogP contribution in [0.4, 0.5) is 34.1 Å². The third-order valence-corrected chi connectivity index (χ3v) is 26.4. The second-order valence-electron chi connectivity index (χ2n) is 33.3. The van der Waals surface area contributed by atoms with Crippen molar-refractivity contribution in [3.05, 3.63) is 504 Å². The summed E-state index contributed by atoms with van der Waals surface area (Å²) in [7, 11) is 0. The molecule has 0 N–H and O–H groups in total. The van der Waals surface area contributed by atoms with Gasteiger partial charge in [-0.05, 0) is 252 Å². The maximum absolute atomic E-state index is 2.54. The molecule has 0 bridgehead atoms. The van der Waals surface area contributed by atoms with Crippen LogP contribution in [0.15, 0.2) is 437 Å². The topological polar surface area (TPSA) is 6.48 Å². The summed E-state index contributed by atoms with van der Waals surface area (Å²) in [5.41, 5.74) is 42.1. The Labute approximate surface area is 692 Å². The number of rotatable bonds is 13. The maximum atomic E-state index is 2.54. The van der Waals surface area contributed by atoms with E-state index in [2.05, 4.69) is 474 Å². The monoisotopic (exact) mass is 1500 g/mol. The van der Waals surface area contributed by atoms with Gasteiger partial charge < -0.3 is 9.80 Å². The lowest BCUT2D eigenvalue weighted by atomic mass is 9.55. The van der Waals surface area contributed by atoms with Crippen molar-refractivity contribution < 1.29 is 0 Å². The third-order valence-electron chi connectivity index (χ3n) is 26.4. The van der Waals surface area contributed by atoms with E-state index in [9.17, 15) is 0 Å². The Bertz CT molecular complexity index is 6910. The molecule has 22 rings (SSSR count). The summed E-state index contributed by atoms with van der Waals surface area (Å²) in [6, 6.07) is 164. The first-order valence-electron chi connectivity index (χ1n) is 41.4. The first kappa shape index (κ1) is 70.2. The number of benzene rings is 18. The minimum atomic E-state index is -0.669. The van der Waals surface area contributed by atoms with E-state index in [1.54, 1.807) is 0 Å². The summed E-state index contributed by atoms with van der Waals surface area (Å²) < 4.78 is 0. The zero-order chi connectivity index (χ0) is 78.9. The van der Waals surface area contributed by atoms with Crippen LogP contribution in [0.1, 0.15) is 94.5 Å². The van der Waals surface area contributed by atoms with Crippen LogP contribution < -0.4 is 9.80 Å². The average Bonchev–Trinajstić information content (AvgIpc) is 1.45. The number of fused-ring (bicyclic) bond motifs is 18. The molecule has 1 atom stereocenters. The van der Waals surface area contributed by atoms with Crippen molar-refractivity contribution in [3.8, 4) is 100 Å². The summed E-state index contributed by atoms with van der Waals surface area (Å²) in [4.78, 5) is 5.00. The Balaban J connectivity index is 0.666. The predicted molar refractivity (Wildman–Crippen MR) is 493 cm³/mol. The smallest absolute Gasteiger partial charge is 0.0720 e. The van der Waals surface area contributed by atoms with Gasteiger partial charge in [-0.15, -0.1) is 0 Å². The average molecular weight is 1510 g/mol. The Hall–Kier alpha value is -14.4. The summed E-state index contributed by atoms with van der Waals surface area (Å²) in [5.74, 6) is 0. The van der Waals surface area contributed by atoms with E-state index in [1.807, 2.05) is 0 Å². The van der Waals surface area contributed by atoms with Gasteiger partial charge in [0.15, 0.2) is 0 Å². The normalized spacial score (nSPS) is 14.8. The molecule has 0 aliphatic heterocycles. The fourth-order valence-electron chi connectivity index (χ4n) is 21.0. The predicted octanol–water partition coefficient (Wildman–Crippen LogP) is 30.3. The number of anilines is 6. The van der Waals surface area contributed by atoms with E-state index in [4.69, 9.17) is 0 Å². The highest BCUT2D eigenvalue weighted by molar-refractivity contribution is 5.97. The molecule has 4 aliphatic rings. The highest BCUT2D eigenvalue weighted by Crippen LogP contribution is 2.66. The number of hydrogen-bond donors (Lipinski definition) is 0. The molecule has 2 heteroatoms. The van der Waals surface area contributed by atoms with Gasteiger partial charge >= 0.3 is 0 Å². The molecular formula is C116H84N2. The zero-order valence-electron chi connectivity index (χ0n) is 66.5. The van der Waals surface area contributed by atoms with Gasteiger partial charge in [0.1, 0.15) is 0 Å². The molecule has 0 aromatic heterocycles. The molecule has 0 heterocycles. The molecule has 558 valence electrons. The van der Waals surface area contributed by atoms with Gasteiger partial charge in [0, 0.05) is 39.3 Å². The van der Waals surface area contributed by atoms with Gasteiger partial charge in [-0.2, -0.15) is 0 Å². The summed E-state index contributed by atoms with van der Waals surface area (Å²) >= 11 is 0. The van der Waals surface area contributed by atoms with Crippen LogP contribution in [-0.2, 0) is 21.7 Å². The fourth-order valence-corrected chi connectivity index (χ4v) is 21.0. The first-order chi connectivity index (χ1) is 58.0. The number of hydrogen-bond acceptors (Lipinski definition) is 2. The second kappa shape index (κ2) is 27.7. The maximum Gasteiger partial charge on any atom is 0.0720 e. The molecule has 0 saturated carbocycles. The molecule has 0 radical (unpaired) electrons. The lowest BCUT2D eigenvalue weighted by molar-refractivity contribution is 0.563. The summed E-state index contributed by atoms with van der Waals surface area (Å²) in [5, 5.41) is 0. The molecule has 18 aromatic carbocycles. The highest BCUT2D eigenvalue weighted by atomic mass is 15.2. The largest absolute Gasteiger partial charge is 0.310 e. The van der Waals surface area contributed by atoms with Crippen molar-refractivity contribution in [2.45, 2.75) is 49.4 Å². The minimum Gasteiger partial charge on any atom is -0.310 e. The Morgan fingerprint density at radius 3 is 1.02 bits per heavy atom. The number of nitrogens with zero attached hydrogens (tertiary/aromatic N) is 2. The van der Waals surface area contributed by atoms with Gasteiger partial charge in [0.2, 0.25) is 0 Å². The minimum absolute atomic E-state index is 0.330. The van der Waals surface area contributed by atoms with Crippen LogP contribution in [0.3, 0.4) is 0 Å². The molecule has 0 saturated heterocycles. The van der Waals surface area contributed by atoms with E-state index in [1.165, 1.54) is 145 Å². The summed E-state index contributed by atoms with van der Waals surface area (Å²) in [6.45, 7) is 9.76. The van der Waals surface area contributed by atoms with E-state index in [0.29, 0.717) is 0 Å². The Kier molecular flexibility index (Phi) is 16.5. The molecule has 0 amide bonds. The SMILES string of the molecule is CC1(C)c2ccccc2C2(c3ccccc3-c3ccccc32)c2ccc(N(c3ccc(-c4ccccc4)cc3)c3ccc(-c4ccc(-c5ccc6c(c5)-c5ccccc5C65c6ccccc6C(C)(C)c6c(N(c7ccc(-c8ccccc8)cc7)c7cccc(-c8cccc(-c9ccccc9)c8)c7)cccc65)cc4-c4ccccc4)cc3)cc21. The Morgan fingerprint density at radius 1 is 0.153 bits per heavy atom. The fraction of sp³-hybridized carbons (Fsp3) is 0.0690. The van der Waals surface area contributed by atoms with E-state index in [0.717, 1.165) is 56.4 Å². The van der Waals surface area contributed by atoms with Crippen molar-refractivity contribution in [1.82, 2.24) is 0 Å². The molecule has 2 nitrogen and oxygen atoms in total. The molecule has 18 aromatic rings. The van der Waals surface area contributed by atoms with Crippen LogP contribution in [0.25, 0.3) is 100 Å². The molecule has 4 aliphatic carbocycles. The van der Waals surface area contributed by atoms with Gasteiger partial charge in [-0.25, -0.2) is 0 Å². The highest BCUT2D eigenvalue weighted by Gasteiger charge is 2.56. The molecule has 1 unspecified atom stereocenters. The van der Waals surface area contributed by atoms with Crippen LogP contribution in [-0.4, -0.2) is 0 Å². The van der Waals surface area contributed by atoms with Crippen LogP contribution in [0.5, 0.6) is 0 Å². The van der Waals surface area contributed by atoms with Gasteiger partial charge in [0.05, 0.1) is 16.5 Å². The molecule has 2 spiro atoms. The first-order valence-corrected chi connectivity index (χ1v) is 41.4. The lowest BCUT2D eigenvalue weighted by Gasteiger charge is -2.48. The lowest BCUT2D eigenvalue weighted by Crippen LogP contribution is -2.41. The molecule has 0 fully saturated rings. The van der Waals surface area contributed by atoms with Crippen molar-refractivity contribution >= 4 is 34.1 Å². The Morgan fingerprint density at radius 2 is 0.466 bits per heavy atom.